The molecule has 1 amide bonds. The van der Waals surface area contributed by atoms with Gasteiger partial charge in [0.15, 0.2) is 0 Å². The molecule has 1 saturated heterocycles. The fraction of sp³-hybridized carbons (Fsp3) is 0.348. The zero-order valence-corrected chi connectivity index (χ0v) is 17.9. The van der Waals surface area contributed by atoms with Gasteiger partial charge in [-0.2, -0.15) is 0 Å². The second-order valence-electron chi connectivity index (χ2n) is 7.97. The standard InChI is InChI=1S/C23H26N2O3S/c1-16-13-17(2)22(18(3)14-16)29(27,28)25-12-9-19-15-20(7-8-21(19)25)23(26)24-10-5-4-6-11-24/h7-9,12-15H,4-6,10-11H2,1-3H3. The van der Waals surface area contributed by atoms with Gasteiger partial charge in [0.25, 0.3) is 15.9 Å². The van der Waals surface area contributed by atoms with Crippen molar-refractivity contribution in [2.75, 3.05) is 13.1 Å². The molecular formula is C23H26N2O3S. The summed E-state index contributed by atoms with van der Waals surface area (Å²) in [4.78, 5) is 15.0. The van der Waals surface area contributed by atoms with Gasteiger partial charge in [-0.3, -0.25) is 4.79 Å². The summed E-state index contributed by atoms with van der Waals surface area (Å²) < 4.78 is 28.2. The Kier molecular flexibility index (Phi) is 4.99. The number of benzene rings is 2. The van der Waals surface area contributed by atoms with Crippen LogP contribution in [-0.2, 0) is 10.0 Å². The molecule has 2 heterocycles. The maximum atomic E-state index is 13.4. The topological polar surface area (TPSA) is 59.4 Å². The molecule has 0 aliphatic carbocycles. The number of fused-ring (bicyclic) bond motifs is 1. The number of aryl methyl sites for hydroxylation is 3. The number of hydrogen-bond donors (Lipinski definition) is 0. The smallest absolute Gasteiger partial charge is 0.268 e. The van der Waals surface area contributed by atoms with Gasteiger partial charge in [-0.15, -0.1) is 0 Å². The predicted molar refractivity (Wildman–Crippen MR) is 115 cm³/mol. The van der Waals surface area contributed by atoms with Crippen molar-refractivity contribution in [2.45, 2.75) is 44.9 Å². The van der Waals surface area contributed by atoms with E-state index in [4.69, 9.17) is 0 Å². The van der Waals surface area contributed by atoms with Gasteiger partial charge >= 0.3 is 0 Å². The summed E-state index contributed by atoms with van der Waals surface area (Å²) in [5.74, 6) is 0.0208. The zero-order valence-electron chi connectivity index (χ0n) is 17.1. The third kappa shape index (κ3) is 3.46. The number of piperidine rings is 1. The van der Waals surface area contributed by atoms with E-state index in [2.05, 4.69) is 0 Å². The molecule has 0 atom stereocenters. The van der Waals surface area contributed by atoms with Gasteiger partial charge in [0.05, 0.1) is 10.4 Å². The van der Waals surface area contributed by atoms with Crippen LogP contribution in [0.2, 0.25) is 0 Å². The largest absolute Gasteiger partial charge is 0.339 e. The van der Waals surface area contributed by atoms with Crippen LogP contribution >= 0.6 is 0 Å². The first-order valence-electron chi connectivity index (χ1n) is 10.0. The van der Waals surface area contributed by atoms with Gasteiger partial charge in [0, 0.05) is 30.2 Å². The van der Waals surface area contributed by atoms with Crippen molar-refractivity contribution in [3.63, 3.8) is 0 Å². The van der Waals surface area contributed by atoms with E-state index in [0.717, 1.165) is 48.0 Å². The summed E-state index contributed by atoms with van der Waals surface area (Å²) in [6, 6.07) is 10.8. The normalized spacial score (nSPS) is 15.1. The van der Waals surface area contributed by atoms with Crippen molar-refractivity contribution >= 4 is 26.8 Å². The lowest BCUT2D eigenvalue weighted by Crippen LogP contribution is -2.35. The average Bonchev–Trinajstić information content (AvgIpc) is 3.11. The number of hydrogen-bond acceptors (Lipinski definition) is 3. The average molecular weight is 411 g/mol. The lowest BCUT2D eigenvalue weighted by molar-refractivity contribution is 0.0724. The van der Waals surface area contributed by atoms with Crippen LogP contribution in [-0.4, -0.2) is 36.3 Å². The molecule has 3 aromatic rings. The summed E-state index contributed by atoms with van der Waals surface area (Å²) in [6.45, 7) is 7.20. The third-order valence-corrected chi connectivity index (χ3v) is 7.66. The number of carbonyl (C=O) groups excluding carboxylic acids is 1. The minimum absolute atomic E-state index is 0.0208. The number of likely N-dealkylation sites (tertiary alicyclic amines) is 1. The highest BCUT2D eigenvalue weighted by Crippen LogP contribution is 2.28. The lowest BCUT2D eigenvalue weighted by Gasteiger charge is -2.26. The van der Waals surface area contributed by atoms with Crippen LogP contribution in [0.5, 0.6) is 0 Å². The maximum Gasteiger partial charge on any atom is 0.268 e. The monoisotopic (exact) mass is 410 g/mol. The first-order chi connectivity index (χ1) is 13.8. The van der Waals surface area contributed by atoms with E-state index >= 15 is 0 Å². The molecular weight excluding hydrogens is 384 g/mol. The molecule has 0 saturated carbocycles. The Balaban J connectivity index is 1.75. The van der Waals surface area contributed by atoms with Crippen molar-refractivity contribution in [3.05, 3.63) is 64.8 Å². The molecule has 1 aliphatic heterocycles. The van der Waals surface area contributed by atoms with Gasteiger partial charge in [-0.25, -0.2) is 12.4 Å². The molecule has 5 nitrogen and oxygen atoms in total. The van der Waals surface area contributed by atoms with E-state index < -0.39 is 10.0 Å². The minimum atomic E-state index is -3.73. The Morgan fingerprint density at radius 1 is 0.897 bits per heavy atom. The quantitative estimate of drug-likeness (QED) is 0.642. The number of rotatable bonds is 3. The highest BCUT2D eigenvalue weighted by molar-refractivity contribution is 7.90. The van der Waals surface area contributed by atoms with Crippen LogP contribution in [0, 0.1) is 20.8 Å². The third-order valence-electron chi connectivity index (χ3n) is 5.67. The first kappa shape index (κ1) is 19.7. The number of aromatic nitrogens is 1. The molecule has 6 heteroatoms. The van der Waals surface area contributed by atoms with Gasteiger partial charge in [0.2, 0.25) is 0 Å². The second-order valence-corrected chi connectivity index (χ2v) is 9.72. The second kappa shape index (κ2) is 7.34. The highest BCUT2D eigenvalue weighted by Gasteiger charge is 2.24. The van der Waals surface area contributed by atoms with E-state index in [1.54, 1.807) is 30.5 Å². The molecule has 29 heavy (non-hydrogen) atoms. The van der Waals surface area contributed by atoms with Crippen molar-refractivity contribution in [1.29, 1.82) is 0 Å². The molecule has 1 fully saturated rings. The molecule has 1 aliphatic rings. The van der Waals surface area contributed by atoms with E-state index in [1.165, 1.54) is 10.4 Å². The summed E-state index contributed by atoms with van der Waals surface area (Å²) >= 11 is 0. The van der Waals surface area contributed by atoms with Gasteiger partial charge in [0.1, 0.15) is 0 Å². The van der Waals surface area contributed by atoms with Crippen LogP contribution in [0.15, 0.2) is 47.5 Å². The predicted octanol–water partition coefficient (Wildman–Crippen LogP) is 4.43. The highest BCUT2D eigenvalue weighted by atomic mass is 32.2. The molecule has 0 unspecified atom stereocenters. The van der Waals surface area contributed by atoms with Crippen molar-refractivity contribution in [2.24, 2.45) is 0 Å². The fourth-order valence-corrected chi connectivity index (χ4v) is 6.19. The van der Waals surface area contributed by atoms with E-state index in [-0.39, 0.29) is 5.91 Å². The summed E-state index contributed by atoms with van der Waals surface area (Å²) in [7, 11) is -3.73. The van der Waals surface area contributed by atoms with Gasteiger partial charge in [-0.05, 0) is 75.4 Å². The Labute approximate surface area is 172 Å². The Morgan fingerprint density at radius 3 is 2.21 bits per heavy atom. The molecule has 152 valence electrons. The zero-order chi connectivity index (χ0) is 20.8. The van der Waals surface area contributed by atoms with Crippen LogP contribution in [0.3, 0.4) is 0 Å². The van der Waals surface area contributed by atoms with Crippen molar-refractivity contribution in [1.82, 2.24) is 8.87 Å². The molecule has 0 spiro atoms. The van der Waals surface area contributed by atoms with Gasteiger partial charge < -0.3 is 4.90 Å². The van der Waals surface area contributed by atoms with Crippen LogP contribution in [0.1, 0.15) is 46.3 Å². The van der Waals surface area contributed by atoms with Crippen LogP contribution in [0.4, 0.5) is 0 Å². The minimum Gasteiger partial charge on any atom is -0.339 e. The maximum absolute atomic E-state index is 13.4. The summed E-state index contributed by atoms with van der Waals surface area (Å²) in [5, 5.41) is 0.749. The van der Waals surface area contributed by atoms with E-state index in [1.807, 2.05) is 37.8 Å². The molecule has 4 rings (SSSR count). The molecule has 2 aromatic carbocycles. The SMILES string of the molecule is Cc1cc(C)c(S(=O)(=O)n2ccc3cc(C(=O)N4CCCCC4)ccc32)c(C)c1. The molecule has 1 aromatic heterocycles. The van der Waals surface area contributed by atoms with E-state index in [9.17, 15) is 13.2 Å². The summed E-state index contributed by atoms with van der Waals surface area (Å²) in [6.07, 6.45) is 4.82. The Morgan fingerprint density at radius 2 is 1.55 bits per heavy atom. The first-order valence-corrected chi connectivity index (χ1v) is 11.5. The lowest BCUT2D eigenvalue weighted by atomic mass is 10.1. The summed E-state index contributed by atoms with van der Waals surface area (Å²) in [5.41, 5.74) is 3.71. The molecule has 0 bridgehead atoms. The Bertz CT molecular complexity index is 1180. The number of carbonyl (C=O) groups is 1. The fourth-order valence-electron chi connectivity index (χ4n) is 4.41. The number of amides is 1. The van der Waals surface area contributed by atoms with Gasteiger partial charge in [-0.1, -0.05) is 17.7 Å². The Hall–Kier alpha value is -2.60. The van der Waals surface area contributed by atoms with E-state index in [0.29, 0.717) is 16.0 Å². The molecule has 0 N–H and O–H groups in total. The van der Waals surface area contributed by atoms with Crippen molar-refractivity contribution < 1.29 is 13.2 Å². The van der Waals surface area contributed by atoms with Crippen molar-refractivity contribution in [3.8, 4) is 0 Å². The molecule has 0 radical (unpaired) electrons. The van der Waals surface area contributed by atoms with Crippen LogP contribution in [0.25, 0.3) is 10.9 Å². The number of nitrogens with zero attached hydrogens (tertiary/aromatic N) is 2. The van der Waals surface area contributed by atoms with Crippen LogP contribution < -0.4 is 0 Å².